The van der Waals surface area contributed by atoms with Crippen LogP contribution >= 0.6 is 0 Å². The first-order valence-electron chi connectivity index (χ1n) is 5.34. The van der Waals surface area contributed by atoms with E-state index in [9.17, 15) is 0 Å². The summed E-state index contributed by atoms with van der Waals surface area (Å²) in [6, 6.07) is 0.696. The molecule has 3 heteroatoms. The minimum atomic E-state index is 0.258. The maximum Gasteiger partial charge on any atom is 0.0809 e. The highest BCUT2D eigenvalue weighted by molar-refractivity contribution is 4.97. The van der Waals surface area contributed by atoms with Gasteiger partial charge in [0.2, 0.25) is 0 Å². The Morgan fingerprint density at radius 2 is 2.08 bits per heavy atom. The van der Waals surface area contributed by atoms with E-state index in [4.69, 9.17) is 9.47 Å². The second-order valence-electron chi connectivity index (χ2n) is 4.55. The van der Waals surface area contributed by atoms with E-state index < -0.39 is 0 Å². The fraction of sp³-hybridized carbons (Fsp3) is 1.00. The Morgan fingerprint density at radius 1 is 1.23 bits per heavy atom. The van der Waals surface area contributed by atoms with Crippen molar-refractivity contribution in [2.24, 2.45) is 0 Å². The first-order valence-corrected chi connectivity index (χ1v) is 5.34. The second kappa shape index (κ2) is 2.94. The highest BCUT2D eigenvalue weighted by Crippen LogP contribution is 2.38. The fourth-order valence-corrected chi connectivity index (χ4v) is 2.49. The van der Waals surface area contributed by atoms with Gasteiger partial charge < -0.3 is 9.47 Å². The number of nitrogens with zero attached hydrogens (tertiary/aromatic N) is 1. The van der Waals surface area contributed by atoms with Crippen molar-refractivity contribution >= 4 is 0 Å². The molecular formula is C10H17NO2. The number of ether oxygens (including phenoxy) is 2. The van der Waals surface area contributed by atoms with Gasteiger partial charge in [0.15, 0.2) is 0 Å². The van der Waals surface area contributed by atoms with Crippen LogP contribution in [-0.2, 0) is 9.47 Å². The lowest BCUT2D eigenvalue weighted by Crippen LogP contribution is -2.61. The third kappa shape index (κ3) is 1.30. The predicted molar refractivity (Wildman–Crippen MR) is 48.7 cm³/mol. The van der Waals surface area contributed by atoms with E-state index in [0.717, 1.165) is 32.9 Å². The van der Waals surface area contributed by atoms with E-state index in [2.05, 4.69) is 4.90 Å². The van der Waals surface area contributed by atoms with E-state index in [-0.39, 0.29) is 5.60 Å². The average Bonchev–Trinajstić information content (AvgIpc) is 1.99. The lowest BCUT2D eigenvalue weighted by atomic mass is 9.78. The van der Waals surface area contributed by atoms with Crippen LogP contribution in [0.1, 0.15) is 19.3 Å². The Morgan fingerprint density at radius 3 is 2.62 bits per heavy atom. The predicted octanol–water partition coefficient (Wildman–Crippen LogP) is 0.640. The van der Waals surface area contributed by atoms with Crippen LogP contribution in [0.5, 0.6) is 0 Å². The summed E-state index contributed by atoms with van der Waals surface area (Å²) in [6.07, 6.45) is 3.91. The van der Waals surface area contributed by atoms with Gasteiger partial charge in [-0.15, -0.1) is 0 Å². The van der Waals surface area contributed by atoms with Gasteiger partial charge in [-0.1, -0.05) is 0 Å². The molecule has 0 N–H and O–H groups in total. The fourth-order valence-electron chi connectivity index (χ4n) is 2.49. The molecule has 0 aromatic rings. The zero-order valence-corrected chi connectivity index (χ0v) is 8.00. The number of morpholine rings is 1. The minimum Gasteiger partial charge on any atom is -0.378 e. The maximum atomic E-state index is 5.87. The van der Waals surface area contributed by atoms with Crippen LogP contribution in [0.15, 0.2) is 0 Å². The van der Waals surface area contributed by atoms with Crippen molar-refractivity contribution in [1.82, 2.24) is 4.90 Å². The Balaban J connectivity index is 1.63. The van der Waals surface area contributed by atoms with Crippen molar-refractivity contribution < 1.29 is 9.47 Å². The molecule has 0 atom stereocenters. The summed E-state index contributed by atoms with van der Waals surface area (Å²) in [6.45, 7) is 5.07. The Bertz CT molecular complexity index is 199. The lowest BCUT2D eigenvalue weighted by molar-refractivity contribution is -0.182. The molecule has 1 saturated carbocycles. The summed E-state index contributed by atoms with van der Waals surface area (Å²) >= 11 is 0. The van der Waals surface area contributed by atoms with E-state index >= 15 is 0 Å². The molecule has 2 aliphatic heterocycles. The standard InChI is InChI=1S/C10H17NO2/c1-2-10(3-1)8-11(4-5-13-10)9-6-12-7-9/h9H,1-8H2. The molecular weight excluding hydrogens is 166 g/mol. The van der Waals surface area contributed by atoms with Gasteiger partial charge in [0.1, 0.15) is 0 Å². The van der Waals surface area contributed by atoms with E-state index in [1.807, 2.05) is 0 Å². The molecule has 2 saturated heterocycles. The lowest BCUT2D eigenvalue weighted by Gasteiger charge is -2.51. The van der Waals surface area contributed by atoms with Gasteiger partial charge in [0.05, 0.1) is 31.5 Å². The van der Waals surface area contributed by atoms with Crippen molar-refractivity contribution in [1.29, 1.82) is 0 Å². The van der Waals surface area contributed by atoms with Crippen molar-refractivity contribution in [2.75, 3.05) is 32.9 Å². The average molecular weight is 183 g/mol. The van der Waals surface area contributed by atoms with Crippen LogP contribution in [0, 0.1) is 0 Å². The van der Waals surface area contributed by atoms with Crippen molar-refractivity contribution in [3.63, 3.8) is 0 Å². The molecule has 2 heterocycles. The van der Waals surface area contributed by atoms with Gasteiger partial charge in [-0.2, -0.15) is 0 Å². The first-order chi connectivity index (χ1) is 6.38. The van der Waals surface area contributed by atoms with E-state index in [1.165, 1.54) is 19.3 Å². The molecule has 0 amide bonds. The van der Waals surface area contributed by atoms with Crippen molar-refractivity contribution in [3.8, 4) is 0 Å². The van der Waals surface area contributed by atoms with Crippen LogP contribution in [0.25, 0.3) is 0 Å². The van der Waals surface area contributed by atoms with Crippen molar-refractivity contribution in [3.05, 3.63) is 0 Å². The summed E-state index contributed by atoms with van der Waals surface area (Å²) < 4.78 is 11.1. The molecule has 3 fully saturated rings. The summed E-state index contributed by atoms with van der Waals surface area (Å²) in [5, 5.41) is 0. The van der Waals surface area contributed by atoms with Gasteiger partial charge in [-0.3, -0.25) is 4.90 Å². The zero-order chi connectivity index (χ0) is 8.73. The summed E-state index contributed by atoms with van der Waals surface area (Å²) in [4.78, 5) is 2.56. The molecule has 1 aliphatic carbocycles. The van der Waals surface area contributed by atoms with Gasteiger partial charge in [0.25, 0.3) is 0 Å². The highest BCUT2D eigenvalue weighted by Gasteiger charge is 2.44. The van der Waals surface area contributed by atoms with Crippen LogP contribution < -0.4 is 0 Å². The number of hydrogen-bond donors (Lipinski definition) is 0. The molecule has 0 aromatic heterocycles. The zero-order valence-electron chi connectivity index (χ0n) is 8.00. The largest absolute Gasteiger partial charge is 0.378 e. The second-order valence-corrected chi connectivity index (χ2v) is 4.55. The molecule has 0 aromatic carbocycles. The van der Waals surface area contributed by atoms with Gasteiger partial charge in [-0.05, 0) is 19.3 Å². The summed E-state index contributed by atoms with van der Waals surface area (Å²) in [5.74, 6) is 0. The molecule has 13 heavy (non-hydrogen) atoms. The number of rotatable bonds is 1. The van der Waals surface area contributed by atoms with Gasteiger partial charge in [-0.25, -0.2) is 0 Å². The topological polar surface area (TPSA) is 21.7 Å². The third-order valence-electron chi connectivity index (χ3n) is 3.68. The quantitative estimate of drug-likeness (QED) is 0.595. The normalized spacial score (nSPS) is 34.2. The molecule has 74 valence electrons. The molecule has 0 bridgehead atoms. The Hall–Kier alpha value is -0.120. The van der Waals surface area contributed by atoms with Crippen LogP contribution in [0.2, 0.25) is 0 Å². The van der Waals surface area contributed by atoms with E-state index in [1.54, 1.807) is 0 Å². The maximum absolute atomic E-state index is 5.87. The summed E-state index contributed by atoms with van der Waals surface area (Å²) in [7, 11) is 0. The minimum absolute atomic E-state index is 0.258. The van der Waals surface area contributed by atoms with Gasteiger partial charge >= 0.3 is 0 Å². The molecule has 0 radical (unpaired) electrons. The number of hydrogen-bond acceptors (Lipinski definition) is 3. The Labute approximate surface area is 79.0 Å². The monoisotopic (exact) mass is 183 g/mol. The van der Waals surface area contributed by atoms with Gasteiger partial charge in [0, 0.05) is 13.1 Å². The summed E-state index contributed by atoms with van der Waals surface area (Å²) in [5.41, 5.74) is 0.258. The third-order valence-corrected chi connectivity index (χ3v) is 3.68. The SMILES string of the molecule is C1CC2(C1)CN(C1COC1)CCO2. The van der Waals surface area contributed by atoms with Crippen molar-refractivity contribution in [2.45, 2.75) is 30.9 Å². The molecule has 1 spiro atoms. The first kappa shape index (κ1) is 8.21. The molecule has 3 nitrogen and oxygen atoms in total. The van der Waals surface area contributed by atoms with Crippen LogP contribution in [-0.4, -0.2) is 49.5 Å². The smallest absolute Gasteiger partial charge is 0.0809 e. The molecule has 3 aliphatic rings. The molecule has 0 unspecified atom stereocenters. The highest BCUT2D eigenvalue weighted by atomic mass is 16.5. The molecule has 3 rings (SSSR count). The van der Waals surface area contributed by atoms with Crippen LogP contribution in [0.4, 0.5) is 0 Å². The van der Waals surface area contributed by atoms with E-state index in [0.29, 0.717) is 6.04 Å². The van der Waals surface area contributed by atoms with Crippen LogP contribution in [0.3, 0.4) is 0 Å². The Kier molecular flexibility index (Phi) is 1.86.